The lowest BCUT2D eigenvalue weighted by atomic mass is 10.1. The van der Waals surface area contributed by atoms with Gasteiger partial charge in [-0.3, -0.25) is 4.79 Å². The van der Waals surface area contributed by atoms with Crippen molar-refractivity contribution in [3.63, 3.8) is 0 Å². The van der Waals surface area contributed by atoms with Crippen molar-refractivity contribution < 1.29 is 22.7 Å². The molecule has 1 saturated heterocycles. The summed E-state index contributed by atoms with van der Waals surface area (Å²) in [5, 5.41) is 0. The number of hydrogen-bond donors (Lipinski definition) is 0. The number of methoxy groups -OCH3 is 1. The van der Waals surface area contributed by atoms with Gasteiger partial charge in [0.1, 0.15) is 0 Å². The number of ether oxygens (including phenoxy) is 2. The Labute approximate surface area is 167 Å². The molecule has 154 valence electrons. The minimum atomic E-state index is -3.05. The first-order valence-electron chi connectivity index (χ1n) is 9.88. The second kappa shape index (κ2) is 8.99. The summed E-state index contributed by atoms with van der Waals surface area (Å²) in [6, 6.07) is 5.44. The highest BCUT2D eigenvalue weighted by Crippen LogP contribution is 2.31. The Morgan fingerprint density at radius 3 is 2.54 bits per heavy atom. The van der Waals surface area contributed by atoms with Gasteiger partial charge in [-0.15, -0.1) is 0 Å². The lowest BCUT2D eigenvalue weighted by molar-refractivity contribution is -0.137. The molecule has 6 nitrogen and oxygen atoms in total. The topological polar surface area (TPSA) is 72.9 Å². The fourth-order valence-corrected chi connectivity index (χ4v) is 5.91. The van der Waals surface area contributed by atoms with Crippen LogP contribution in [-0.2, 0) is 14.6 Å². The predicted octanol–water partition coefficient (Wildman–Crippen LogP) is 3.07. The normalized spacial score (nSPS) is 21.9. The fraction of sp³-hybridized carbons (Fsp3) is 0.571. The van der Waals surface area contributed by atoms with E-state index in [2.05, 4.69) is 0 Å². The van der Waals surface area contributed by atoms with Gasteiger partial charge in [0.05, 0.1) is 18.6 Å². The van der Waals surface area contributed by atoms with Gasteiger partial charge in [0.25, 0.3) is 5.91 Å². The molecule has 0 spiro atoms. The van der Waals surface area contributed by atoms with E-state index in [0.29, 0.717) is 17.9 Å². The summed E-state index contributed by atoms with van der Waals surface area (Å²) in [6.07, 6.45) is 8.44. The number of rotatable bonds is 7. The van der Waals surface area contributed by atoms with E-state index in [1.165, 1.54) is 0 Å². The number of carbonyl (C=O) groups excluding carboxylic acids is 1. The number of hydrogen-bond acceptors (Lipinski definition) is 5. The number of allylic oxidation sites excluding steroid dienone is 1. The summed E-state index contributed by atoms with van der Waals surface area (Å²) in [5.74, 6) is 1.16. The molecule has 3 rings (SSSR count). The molecule has 1 aliphatic heterocycles. The summed E-state index contributed by atoms with van der Waals surface area (Å²) in [7, 11) is -1.49. The summed E-state index contributed by atoms with van der Waals surface area (Å²) >= 11 is 0. The van der Waals surface area contributed by atoms with Crippen molar-refractivity contribution in [2.75, 3.05) is 25.2 Å². The lowest BCUT2D eigenvalue weighted by Gasteiger charge is -2.34. The van der Waals surface area contributed by atoms with Crippen molar-refractivity contribution in [3.05, 3.63) is 29.8 Å². The van der Waals surface area contributed by atoms with Crippen molar-refractivity contribution in [1.29, 1.82) is 0 Å². The summed E-state index contributed by atoms with van der Waals surface area (Å²) < 4.78 is 35.1. The quantitative estimate of drug-likeness (QED) is 0.695. The number of carbonyl (C=O) groups is 1. The molecule has 0 radical (unpaired) electrons. The molecular weight excluding hydrogens is 378 g/mol. The van der Waals surface area contributed by atoms with E-state index in [1.54, 1.807) is 18.1 Å². The van der Waals surface area contributed by atoms with Crippen LogP contribution in [-0.4, -0.2) is 56.5 Å². The Balaban J connectivity index is 1.72. The van der Waals surface area contributed by atoms with E-state index in [-0.39, 0.29) is 36.1 Å². The van der Waals surface area contributed by atoms with Crippen LogP contribution in [0, 0.1) is 0 Å². The SMILES string of the molecule is C/C=C\c1ccc(OCC(=O)N(C2CCCC2)[C@H]2CCS(=O)(=O)C2)c(OC)c1. The van der Waals surface area contributed by atoms with Gasteiger partial charge < -0.3 is 14.4 Å². The lowest BCUT2D eigenvalue weighted by Crippen LogP contribution is -2.48. The molecule has 1 saturated carbocycles. The molecule has 1 atom stereocenters. The first-order chi connectivity index (χ1) is 13.4. The molecule has 2 aliphatic rings. The number of sulfone groups is 1. The number of nitrogens with zero attached hydrogens (tertiary/aromatic N) is 1. The summed E-state index contributed by atoms with van der Waals surface area (Å²) in [4.78, 5) is 14.8. The van der Waals surface area contributed by atoms with Crippen LogP contribution in [0.2, 0.25) is 0 Å². The van der Waals surface area contributed by atoms with E-state index < -0.39 is 9.84 Å². The van der Waals surface area contributed by atoms with E-state index in [4.69, 9.17) is 9.47 Å². The third-order valence-electron chi connectivity index (χ3n) is 5.51. The molecule has 0 unspecified atom stereocenters. The van der Waals surface area contributed by atoms with Gasteiger partial charge in [-0.05, 0) is 43.9 Å². The monoisotopic (exact) mass is 407 g/mol. The van der Waals surface area contributed by atoms with Crippen LogP contribution in [0.25, 0.3) is 6.08 Å². The predicted molar refractivity (Wildman–Crippen MR) is 109 cm³/mol. The molecule has 1 heterocycles. The molecule has 28 heavy (non-hydrogen) atoms. The van der Waals surface area contributed by atoms with Crippen LogP contribution in [0.15, 0.2) is 24.3 Å². The summed E-state index contributed by atoms with van der Waals surface area (Å²) in [6.45, 7) is 1.82. The largest absolute Gasteiger partial charge is 0.493 e. The van der Waals surface area contributed by atoms with E-state index in [0.717, 1.165) is 31.2 Å². The average Bonchev–Trinajstić information content (AvgIpc) is 3.31. The Morgan fingerprint density at radius 2 is 1.93 bits per heavy atom. The second-order valence-corrected chi connectivity index (χ2v) is 9.72. The molecule has 0 aromatic heterocycles. The van der Waals surface area contributed by atoms with Crippen molar-refractivity contribution in [1.82, 2.24) is 4.90 Å². The zero-order valence-electron chi connectivity index (χ0n) is 16.6. The minimum absolute atomic E-state index is 0.0661. The van der Waals surface area contributed by atoms with Gasteiger partial charge in [0.2, 0.25) is 0 Å². The highest BCUT2D eigenvalue weighted by atomic mass is 32.2. The first kappa shape index (κ1) is 20.7. The van der Waals surface area contributed by atoms with E-state index >= 15 is 0 Å². The fourth-order valence-electron chi connectivity index (χ4n) is 4.20. The van der Waals surface area contributed by atoms with Gasteiger partial charge in [-0.25, -0.2) is 8.42 Å². The highest BCUT2D eigenvalue weighted by Gasteiger charge is 2.39. The molecule has 0 N–H and O–H groups in total. The van der Waals surface area contributed by atoms with Crippen molar-refractivity contribution >= 4 is 21.8 Å². The Bertz CT molecular complexity index is 827. The minimum Gasteiger partial charge on any atom is -0.493 e. The molecule has 0 bridgehead atoms. The van der Waals surface area contributed by atoms with Gasteiger partial charge in [-0.1, -0.05) is 31.1 Å². The van der Waals surface area contributed by atoms with Gasteiger partial charge >= 0.3 is 0 Å². The first-order valence-corrected chi connectivity index (χ1v) is 11.7. The molecule has 1 aromatic carbocycles. The maximum absolute atomic E-state index is 13.0. The van der Waals surface area contributed by atoms with Crippen molar-refractivity contribution in [3.8, 4) is 11.5 Å². The number of amides is 1. The van der Waals surface area contributed by atoms with Gasteiger partial charge in [-0.2, -0.15) is 0 Å². The van der Waals surface area contributed by atoms with Crippen molar-refractivity contribution in [2.24, 2.45) is 0 Å². The third-order valence-corrected chi connectivity index (χ3v) is 7.26. The highest BCUT2D eigenvalue weighted by molar-refractivity contribution is 7.91. The van der Waals surface area contributed by atoms with Crippen LogP contribution < -0.4 is 9.47 Å². The molecule has 7 heteroatoms. The number of benzene rings is 1. The van der Waals surface area contributed by atoms with Crippen molar-refractivity contribution in [2.45, 2.75) is 51.1 Å². The van der Waals surface area contributed by atoms with Crippen LogP contribution in [0.1, 0.15) is 44.6 Å². The third kappa shape index (κ3) is 4.87. The Hall–Kier alpha value is -2.02. The Morgan fingerprint density at radius 1 is 1.18 bits per heavy atom. The van der Waals surface area contributed by atoms with Crippen LogP contribution >= 0.6 is 0 Å². The van der Waals surface area contributed by atoms with E-state index in [9.17, 15) is 13.2 Å². The Kier molecular flexibility index (Phi) is 6.65. The molecule has 2 fully saturated rings. The smallest absolute Gasteiger partial charge is 0.261 e. The zero-order valence-corrected chi connectivity index (χ0v) is 17.4. The zero-order chi connectivity index (χ0) is 20.1. The summed E-state index contributed by atoms with van der Waals surface area (Å²) in [5.41, 5.74) is 0.988. The van der Waals surface area contributed by atoms with E-state index in [1.807, 2.05) is 31.2 Å². The maximum atomic E-state index is 13.0. The molecule has 1 amide bonds. The molecular formula is C21H29NO5S. The van der Waals surface area contributed by atoms with Crippen LogP contribution in [0.3, 0.4) is 0 Å². The maximum Gasteiger partial charge on any atom is 0.261 e. The molecule has 1 aliphatic carbocycles. The average molecular weight is 408 g/mol. The molecule has 1 aromatic rings. The second-order valence-electron chi connectivity index (χ2n) is 7.50. The van der Waals surface area contributed by atoms with Gasteiger partial charge in [0, 0.05) is 12.1 Å². The van der Waals surface area contributed by atoms with Crippen LogP contribution in [0.5, 0.6) is 11.5 Å². The van der Waals surface area contributed by atoms with Gasteiger partial charge in [0.15, 0.2) is 27.9 Å². The van der Waals surface area contributed by atoms with Crippen LogP contribution in [0.4, 0.5) is 0 Å². The standard InChI is InChI=1S/C21H29NO5S/c1-3-6-16-9-10-19(20(13-16)26-2)27-14-21(23)22(17-7-4-5-8-17)18-11-12-28(24,25)15-18/h3,6,9-10,13,17-18H,4-5,7-8,11-12,14-15H2,1-2H3/b6-3-/t18-/m0/s1.